The Kier molecular flexibility index (Phi) is 4.99. The van der Waals surface area contributed by atoms with Crippen LogP contribution in [0, 0.1) is 5.41 Å². The van der Waals surface area contributed by atoms with Crippen LogP contribution in [0.2, 0.25) is 0 Å². The van der Waals surface area contributed by atoms with Gasteiger partial charge in [-0.05, 0) is 33.0 Å². The SMILES string of the molecule is CN1CCC(NCC(C)(CO)CO)CC1. The molecule has 0 spiro atoms. The standard InChI is InChI=1S/C11H24N2O2/c1-11(8-14,9-15)7-12-10-3-5-13(2)6-4-10/h10,12,14-15H,3-9H2,1-2H3. The Morgan fingerprint density at radius 2 is 1.80 bits per heavy atom. The van der Waals surface area contributed by atoms with Crippen LogP contribution >= 0.6 is 0 Å². The maximum Gasteiger partial charge on any atom is 0.0518 e. The summed E-state index contributed by atoms with van der Waals surface area (Å²) in [5.41, 5.74) is -0.386. The minimum atomic E-state index is -0.386. The molecule has 1 aliphatic heterocycles. The highest BCUT2D eigenvalue weighted by atomic mass is 16.3. The van der Waals surface area contributed by atoms with E-state index >= 15 is 0 Å². The number of aliphatic hydroxyl groups excluding tert-OH is 2. The van der Waals surface area contributed by atoms with Crippen molar-refractivity contribution in [2.24, 2.45) is 5.41 Å². The van der Waals surface area contributed by atoms with Crippen molar-refractivity contribution < 1.29 is 10.2 Å². The van der Waals surface area contributed by atoms with Crippen LogP contribution in [-0.2, 0) is 0 Å². The topological polar surface area (TPSA) is 55.7 Å². The highest BCUT2D eigenvalue weighted by Gasteiger charge is 2.24. The van der Waals surface area contributed by atoms with Crippen molar-refractivity contribution in [2.75, 3.05) is 39.9 Å². The van der Waals surface area contributed by atoms with Crippen molar-refractivity contribution >= 4 is 0 Å². The van der Waals surface area contributed by atoms with Crippen LogP contribution in [0.15, 0.2) is 0 Å². The summed E-state index contributed by atoms with van der Waals surface area (Å²) < 4.78 is 0. The van der Waals surface area contributed by atoms with E-state index < -0.39 is 0 Å². The highest BCUT2D eigenvalue weighted by Crippen LogP contribution is 2.15. The van der Waals surface area contributed by atoms with Crippen molar-refractivity contribution in [1.82, 2.24) is 10.2 Å². The van der Waals surface area contributed by atoms with Gasteiger partial charge in [0.1, 0.15) is 0 Å². The lowest BCUT2D eigenvalue weighted by Gasteiger charge is -2.33. The lowest BCUT2D eigenvalue weighted by molar-refractivity contribution is 0.0646. The van der Waals surface area contributed by atoms with Gasteiger partial charge < -0.3 is 20.4 Å². The Balaban J connectivity index is 2.24. The fourth-order valence-corrected chi connectivity index (χ4v) is 1.77. The Labute approximate surface area is 92.3 Å². The molecule has 0 aromatic heterocycles. The largest absolute Gasteiger partial charge is 0.396 e. The van der Waals surface area contributed by atoms with Crippen molar-refractivity contribution in [1.29, 1.82) is 0 Å². The molecule has 1 aliphatic rings. The predicted octanol–water partition coefficient (Wildman–Crippen LogP) is -0.339. The Morgan fingerprint density at radius 1 is 1.27 bits per heavy atom. The molecule has 0 aromatic rings. The average molecular weight is 216 g/mol. The number of piperidine rings is 1. The van der Waals surface area contributed by atoms with Gasteiger partial charge in [0.15, 0.2) is 0 Å². The summed E-state index contributed by atoms with van der Waals surface area (Å²) in [6, 6.07) is 0.540. The molecule has 0 unspecified atom stereocenters. The molecule has 0 bridgehead atoms. The first-order valence-electron chi connectivity index (χ1n) is 5.73. The van der Waals surface area contributed by atoms with E-state index in [0.29, 0.717) is 12.6 Å². The van der Waals surface area contributed by atoms with Gasteiger partial charge in [-0.15, -0.1) is 0 Å². The van der Waals surface area contributed by atoms with Gasteiger partial charge in [0.25, 0.3) is 0 Å². The van der Waals surface area contributed by atoms with E-state index in [2.05, 4.69) is 17.3 Å². The van der Waals surface area contributed by atoms with Crippen LogP contribution in [0.4, 0.5) is 0 Å². The molecule has 4 heteroatoms. The van der Waals surface area contributed by atoms with Crippen LogP contribution in [0.25, 0.3) is 0 Å². The lowest BCUT2D eigenvalue weighted by atomic mass is 9.92. The molecule has 3 N–H and O–H groups in total. The van der Waals surface area contributed by atoms with E-state index in [-0.39, 0.29) is 18.6 Å². The molecule has 0 aliphatic carbocycles. The molecule has 0 radical (unpaired) electrons. The lowest BCUT2D eigenvalue weighted by Crippen LogP contribution is -2.46. The molecule has 0 amide bonds. The average Bonchev–Trinajstić information content (AvgIpc) is 2.28. The number of aliphatic hydroxyl groups is 2. The summed E-state index contributed by atoms with van der Waals surface area (Å²) in [5, 5.41) is 21.7. The maximum atomic E-state index is 9.15. The third-order valence-electron chi connectivity index (χ3n) is 3.30. The fraction of sp³-hybridized carbons (Fsp3) is 1.00. The Hall–Kier alpha value is -0.160. The maximum absolute atomic E-state index is 9.15. The first-order valence-corrected chi connectivity index (χ1v) is 5.73. The number of nitrogens with zero attached hydrogens (tertiary/aromatic N) is 1. The molecule has 15 heavy (non-hydrogen) atoms. The molecular formula is C11H24N2O2. The summed E-state index contributed by atoms with van der Waals surface area (Å²) >= 11 is 0. The molecule has 0 saturated carbocycles. The molecule has 90 valence electrons. The van der Waals surface area contributed by atoms with E-state index in [1.165, 1.54) is 0 Å². The van der Waals surface area contributed by atoms with E-state index in [0.717, 1.165) is 25.9 Å². The summed E-state index contributed by atoms with van der Waals surface area (Å²) in [6.45, 7) is 4.91. The van der Waals surface area contributed by atoms with Gasteiger partial charge in [0.05, 0.1) is 13.2 Å². The molecule has 4 nitrogen and oxygen atoms in total. The van der Waals surface area contributed by atoms with Gasteiger partial charge in [-0.2, -0.15) is 0 Å². The monoisotopic (exact) mass is 216 g/mol. The molecule has 0 aromatic carbocycles. The fourth-order valence-electron chi connectivity index (χ4n) is 1.77. The molecule has 1 heterocycles. The van der Waals surface area contributed by atoms with Crippen molar-refractivity contribution in [3.63, 3.8) is 0 Å². The van der Waals surface area contributed by atoms with Crippen LogP contribution in [-0.4, -0.2) is 61.1 Å². The zero-order valence-corrected chi connectivity index (χ0v) is 9.87. The second-order valence-electron chi connectivity index (χ2n) is 5.09. The Morgan fingerprint density at radius 3 is 2.27 bits per heavy atom. The quantitative estimate of drug-likeness (QED) is 0.588. The van der Waals surface area contributed by atoms with Crippen molar-refractivity contribution in [3.05, 3.63) is 0 Å². The molecule has 1 rings (SSSR count). The minimum Gasteiger partial charge on any atom is -0.396 e. The van der Waals surface area contributed by atoms with Crippen LogP contribution < -0.4 is 5.32 Å². The minimum absolute atomic E-state index is 0.0309. The van der Waals surface area contributed by atoms with E-state index in [9.17, 15) is 0 Å². The number of hydrogen-bond acceptors (Lipinski definition) is 4. The summed E-state index contributed by atoms with van der Waals surface area (Å²) in [7, 11) is 2.14. The second-order valence-corrected chi connectivity index (χ2v) is 5.09. The van der Waals surface area contributed by atoms with Gasteiger partial charge in [-0.1, -0.05) is 6.92 Å². The molecular weight excluding hydrogens is 192 g/mol. The van der Waals surface area contributed by atoms with E-state index in [4.69, 9.17) is 10.2 Å². The van der Waals surface area contributed by atoms with Crippen molar-refractivity contribution in [2.45, 2.75) is 25.8 Å². The molecule has 0 atom stereocenters. The second kappa shape index (κ2) is 5.80. The smallest absolute Gasteiger partial charge is 0.0518 e. The van der Waals surface area contributed by atoms with Crippen LogP contribution in [0.1, 0.15) is 19.8 Å². The highest BCUT2D eigenvalue weighted by molar-refractivity contribution is 4.81. The zero-order chi connectivity index (χ0) is 11.3. The zero-order valence-electron chi connectivity index (χ0n) is 9.87. The third kappa shape index (κ3) is 4.07. The van der Waals surface area contributed by atoms with Gasteiger partial charge in [0, 0.05) is 18.0 Å². The van der Waals surface area contributed by atoms with E-state index in [1.54, 1.807) is 0 Å². The molecule has 1 fully saturated rings. The van der Waals surface area contributed by atoms with E-state index in [1.807, 2.05) is 6.92 Å². The van der Waals surface area contributed by atoms with Crippen molar-refractivity contribution in [3.8, 4) is 0 Å². The first kappa shape index (κ1) is 12.9. The number of nitrogens with one attached hydrogen (secondary N) is 1. The predicted molar refractivity (Wildman–Crippen MR) is 60.8 cm³/mol. The van der Waals surface area contributed by atoms with Crippen LogP contribution in [0.3, 0.4) is 0 Å². The van der Waals surface area contributed by atoms with Gasteiger partial charge in [-0.25, -0.2) is 0 Å². The molecule has 1 saturated heterocycles. The Bertz CT molecular complexity index is 175. The number of likely N-dealkylation sites (tertiary alicyclic amines) is 1. The summed E-state index contributed by atoms with van der Waals surface area (Å²) in [5.74, 6) is 0. The van der Waals surface area contributed by atoms with Gasteiger partial charge >= 0.3 is 0 Å². The number of rotatable bonds is 5. The normalized spacial score (nSPS) is 20.8. The van der Waals surface area contributed by atoms with Gasteiger partial charge in [-0.3, -0.25) is 0 Å². The summed E-state index contributed by atoms with van der Waals surface area (Å²) in [4.78, 5) is 2.33. The first-order chi connectivity index (χ1) is 7.09. The summed E-state index contributed by atoms with van der Waals surface area (Å²) in [6.07, 6.45) is 2.31. The third-order valence-corrected chi connectivity index (χ3v) is 3.30. The van der Waals surface area contributed by atoms with Crippen LogP contribution in [0.5, 0.6) is 0 Å². The number of hydrogen-bond donors (Lipinski definition) is 3. The van der Waals surface area contributed by atoms with Gasteiger partial charge in [0.2, 0.25) is 0 Å².